The van der Waals surface area contributed by atoms with Gasteiger partial charge in [-0.3, -0.25) is 4.79 Å². The summed E-state index contributed by atoms with van der Waals surface area (Å²) in [6.07, 6.45) is 0. The molecular formula is C15H12FN3O2. The summed E-state index contributed by atoms with van der Waals surface area (Å²) >= 11 is 0. The summed E-state index contributed by atoms with van der Waals surface area (Å²) in [6, 6.07) is 10.2. The third kappa shape index (κ3) is 2.92. The highest BCUT2D eigenvalue weighted by Gasteiger charge is 2.16. The summed E-state index contributed by atoms with van der Waals surface area (Å²) < 4.78 is 18.3. The minimum Gasteiger partial charge on any atom is -0.495 e. The van der Waals surface area contributed by atoms with E-state index < -0.39 is 11.7 Å². The maximum absolute atomic E-state index is 13.2. The first kappa shape index (κ1) is 14.3. The Morgan fingerprint density at radius 2 is 2.14 bits per heavy atom. The highest BCUT2D eigenvalue weighted by molar-refractivity contribution is 6.08. The van der Waals surface area contributed by atoms with Crippen LogP contribution in [0.25, 0.3) is 0 Å². The number of carbonyl (C=O) groups is 1. The molecule has 21 heavy (non-hydrogen) atoms. The first-order valence-electron chi connectivity index (χ1n) is 6.00. The minimum absolute atomic E-state index is 0.00945. The lowest BCUT2D eigenvalue weighted by atomic mass is 10.1. The van der Waals surface area contributed by atoms with E-state index in [0.717, 1.165) is 12.1 Å². The maximum atomic E-state index is 13.2. The van der Waals surface area contributed by atoms with E-state index in [0.29, 0.717) is 5.75 Å². The molecule has 0 aromatic heterocycles. The molecule has 0 aliphatic heterocycles. The molecule has 0 fully saturated rings. The molecule has 3 N–H and O–H groups in total. The molecule has 2 aromatic rings. The fraction of sp³-hybridized carbons (Fsp3) is 0.0667. The molecule has 0 heterocycles. The van der Waals surface area contributed by atoms with Crippen molar-refractivity contribution in [3.8, 4) is 11.8 Å². The lowest BCUT2D eigenvalue weighted by Gasteiger charge is -2.12. The second-order valence-electron chi connectivity index (χ2n) is 4.18. The lowest BCUT2D eigenvalue weighted by Crippen LogP contribution is -2.16. The number of amides is 1. The molecular weight excluding hydrogens is 273 g/mol. The number of rotatable bonds is 3. The van der Waals surface area contributed by atoms with E-state index in [1.165, 1.54) is 19.2 Å². The minimum atomic E-state index is -0.618. The third-order valence-corrected chi connectivity index (χ3v) is 2.87. The number of carbonyl (C=O) groups excluding carboxylic acids is 1. The number of methoxy groups -OCH3 is 1. The van der Waals surface area contributed by atoms with Crippen LogP contribution in [0.4, 0.5) is 15.8 Å². The van der Waals surface area contributed by atoms with Crippen LogP contribution in [0, 0.1) is 17.1 Å². The Hall–Kier alpha value is -3.07. The number of hydrogen-bond acceptors (Lipinski definition) is 4. The van der Waals surface area contributed by atoms with Gasteiger partial charge in [0.05, 0.1) is 18.2 Å². The van der Waals surface area contributed by atoms with Crippen molar-refractivity contribution >= 4 is 17.3 Å². The van der Waals surface area contributed by atoms with E-state index in [1.807, 2.05) is 6.07 Å². The first-order valence-corrected chi connectivity index (χ1v) is 6.00. The molecule has 0 aliphatic rings. The van der Waals surface area contributed by atoms with Gasteiger partial charge in [-0.15, -0.1) is 0 Å². The molecule has 2 aromatic carbocycles. The number of nitrogens with two attached hydrogens (primary N) is 1. The highest BCUT2D eigenvalue weighted by atomic mass is 19.1. The van der Waals surface area contributed by atoms with Crippen LogP contribution in [0.3, 0.4) is 0 Å². The predicted octanol–water partition coefficient (Wildman–Crippen LogP) is 2.54. The lowest BCUT2D eigenvalue weighted by molar-refractivity contribution is 0.102. The van der Waals surface area contributed by atoms with Crippen LogP contribution in [-0.2, 0) is 0 Å². The monoisotopic (exact) mass is 285 g/mol. The number of nitriles is 1. The third-order valence-electron chi connectivity index (χ3n) is 2.87. The smallest absolute Gasteiger partial charge is 0.257 e. The van der Waals surface area contributed by atoms with Crippen molar-refractivity contribution in [2.24, 2.45) is 0 Å². The SMILES string of the molecule is COc1cccc(C#N)c1NC(=O)c1cc(F)ccc1N. The van der Waals surface area contributed by atoms with Gasteiger partial charge in [0, 0.05) is 5.69 Å². The second-order valence-corrected chi connectivity index (χ2v) is 4.18. The van der Waals surface area contributed by atoms with Gasteiger partial charge in [-0.2, -0.15) is 5.26 Å². The predicted molar refractivity (Wildman–Crippen MR) is 76.5 cm³/mol. The quantitative estimate of drug-likeness (QED) is 0.848. The second kappa shape index (κ2) is 5.92. The standard InChI is InChI=1S/C15H12FN3O2/c1-21-13-4-2-3-9(8-17)14(13)19-15(20)11-7-10(16)5-6-12(11)18/h2-7H,18H2,1H3,(H,19,20). The summed E-state index contributed by atoms with van der Waals surface area (Å²) in [5.41, 5.74) is 6.25. The first-order chi connectivity index (χ1) is 10.1. The molecule has 6 heteroatoms. The average Bonchev–Trinajstić information content (AvgIpc) is 2.49. The van der Waals surface area contributed by atoms with Crippen LogP contribution in [0.1, 0.15) is 15.9 Å². The van der Waals surface area contributed by atoms with Gasteiger partial charge in [-0.1, -0.05) is 6.07 Å². The van der Waals surface area contributed by atoms with Crippen LogP contribution in [-0.4, -0.2) is 13.0 Å². The topological polar surface area (TPSA) is 88.1 Å². The van der Waals surface area contributed by atoms with Crippen molar-refractivity contribution in [2.45, 2.75) is 0 Å². The van der Waals surface area contributed by atoms with E-state index in [2.05, 4.69) is 5.32 Å². The Morgan fingerprint density at radius 1 is 1.38 bits per heavy atom. The summed E-state index contributed by atoms with van der Waals surface area (Å²) in [7, 11) is 1.42. The molecule has 0 atom stereocenters. The largest absolute Gasteiger partial charge is 0.495 e. The van der Waals surface area contributed by atoms with Crippen LogP contribution < -0.4 is 15.8 Å². The van der Waals surface area contributed by atoms with Gasteiger partial charge in [0.1, 0.15) is 23.3 Å². The molecule has 5 nitrogen and oxygen atoms in total. The van der Waals surface area contributed by atoms with E-state index in [1.54, 1.807) is 12.1 Å². The Kier molecular flexibility index (Phi) is 4.05. The van der Waals surface area contributed by atoms with Gasteiger partial charge in [-0.05, 0) is 30.3 Å². The Labute approximate surface area is 120 Å². The van der Waals surface area contributed by atoms with Crippen LogP contribution >= 0.6 is 0 Å². The summed E-state index contributed by atoms with van der Waals surface area (Å²) in [5, 5.41) is 11.6. The highest BCUT2D eigenvalue weighted by Crippen LogP contribution is 2.28. The van der Waals surface area contributed by atoms with Crippen LogP contribution in [0.5, 0.6) is 5.75 Å². The number of nitrogen functional groups attached to an aromatic ring is 1. The van der Waals surface area contributed by atoms with Crippen LogP contribution in [0.15, 0.2) is 36.4 Å². The number of nitrogens with zero attached hydrogens (tertiary/aromatic N) is 1. The van der Waals surface area contributed by atoms with E-state index in [4.69, 9.17) is 15.7 Å². The van der Waals surface area contributed by atoms with E-state index >= 15 is 0 Å². The molecule has 0 saturated heterocycles. The Morgan fingerprint density at radius 3 is 2.81 bits per heavy atom. The Balaban J connectivity index is 2.41. The molecule has 106 valence electrons. The average molecular weight is 285 g/mol. The summed E-state index contributed by atoms with van der Waals surface area (Å²) in [4.78, 5) is 12.2. The van der Waals surface area contributed by atoms with Gasteiger partial charge in [-0.25, -0.2) is 4.39 Å². The van der Waals surface area contributed by atoms with Gasteiger partial charge in [0.15, 0.2) is 0 Å². The van der Waals surface area contributed by atoms with E-state index in [-0.39, 0.29) is 22.5 Å². The number of halogens is 1. The number of nitrogens with one attached hydrogen (secondary N) is 1. The molecule has 0 spiro atoms. The van der Waals surface area contributed by atoms with Crippen LogP contribution in [0.2, 0.25) is 0 Å². The maximum Gasteiger partial charge on any atom is 0.257 e. The van der Waals surface area contributed by atoms with E-state index in [9.17, 15) is 9.18 Å². The van der Waals surface area contributed by atoms with Gasteiger partial charge >= 0.3 is 0 Å². The molecule has 0 bridgehead atoms. The van der Waals surface area contributed by atoms with Crippen molar-refractivity contribution in [3.05, 3.63) is 53.3 Å². The zero-order valence-electron chi connectivity index (χ0n) is 11.2. The van der Waals surface area contributed by atoms with Crippen molar-refractivity contribution in [2.75, 3.05) is 18.2 Å². The van der Waals surface area contributed by atoms with Gasteiger partial charge in [0.2, 0.25) is 0 Å². The van der Waals surface area contributed by atoms with Crippen molar-refractivity contribution in [1.29, 1.82) is 5.26 Å². The van der Waals surface area contributed by atoms with Crippen molar-refractivity contribution in [3.63, 3.8) is 0 Å². The number of anilines is 2. The fourth-order valence-corrected chi connectivity index (χ4v) is 1.83. The molecule has 0 radical (unpaired) electrons. The Bertz CT molecular complexity index is 738. The van der Waals surface area contributed by atoms with Crippen molar-refractivity contribution in [1.82, 2.24) is 0 Å². The van der Waals surface area contributed by atoms with Crippen molar-refractivity contribution < 1.29 is 13.9 Å². The van der Waals surface area contributed by atoms with Gasteiger partial charge in [0.25, 0.3) is 5.91 Å². The number of hydrogen-bond donors (Lipinski definition) is 2. The number of benzene rings is 2. The zero-order valence-corrected chi connectivity index (χ0v) is 11.2. The summed E-state index contributed by atoms with van der Waals surface area (Å²) in [6.45, 7) is 0. The zero-order chi connectivity index (χ0) is 15.4. The molecule has 0 unspecified atom stereocenters. The van der Waals surface area contributed by atoms with Gasteiger partial charge < -0.3 is 15.8 Å². The normalized spacial score (nSPS) is 9.76. The number of para-hydroxylation sites is 1. The molecule has 0 saturated carbocycles. The number of ether oxygens (including phenoxy) is 1. The molecule has 2 rings (SSSR count). The summed E-state index contributed by atoms with van der Waals surface area (Å²) in [5.74, 6) is -0.861. The fourth-order valence-electron chi connectivity index (χ4n) is 1.83. The molecule has 0 aliphatic carbocycles. The molecule has 1 amide bonds.